The van der Waals surface area contributed by atoms with Gasteiger partial charge in [-0.1, -0.05) is 18.2 Å². The van der Waals surface area contributed by atoms with Gasteiger partial charge in [0.25, 0.3) is 0 Å². The summed E-state index contributed by atoms with van der Waals surface area (Å²) < 4.78 is 31.4. The van der Waals surface area contributed by atoms with Gasteiger partial charge in [-0.2, -0.15) is 0 Å². The molecule has 0 saturated carbocycles. The highest BCUT2D eigenvalue weighted by Gasteiger charge is 2.03. The topological polar surface area (TPSA) is 53.1 Å². The number of carboxylic acids is 1. The summed E-state index contributed by atoms with van der Waals surface area (Å²) in [6, 6.07) is 6.93. The number of nitrogens with one attached hydrogen (secondary N) is 1. The summed E-state index contributed by atoms with van der Waals surface area (Å²) in [6.07, 6.45) is -4.39. The van der Waals surface area contributed by atoms with Crippen molar-refractivity contribution in [1.29, 1.82) is 0 Å². The molecular formula is C12H13NO2. The summed E-state index contributed by atoms with van der Waals surface area (Å²) in [4.78, 5) is 13.5. The van der Waals surface area contributed by atoms with E-state index in [2.05, 4.69) is 4.98 Å². The van der Waals surface area contributed by atoms with Crippen LogP contribution in [0, 0.1) is 0 Å². The molecule has 0 atom stereocenters. The van der Waals surface area contributed by atoms with Crippen molar-refractivity contribution in [2.75, 3.05) is 0 Å². The third kappa shape index (κ3) is 2.18. The molecule has 0 bridgehead atoms. The first kappa shape index (κ1) is 5.95. The van der Waals surface area contributed by atoms with Gasteiger partial charge in [-0.3, -0.25) is 4.79 Å². The van der Waals surface area contributed by atoms with Crippen LogP contribution in [0.4, 0.5) is 0 Å². The Balaban J connectivity index is 2.52. The Bertz CT molecular complexity index is 621. The molecule has 0 saturated heterocycles. The van der Waals surface area contributed by atoms with Crippen molar-refractivity contribution in [2.24, 2.45) is 0 Å². The molecule has 2 aromatic rings. The van der Waals surface area contributed by atoms with Crippen LogP contribution in [-0.4, -0.2) is 16.1 Å². The second-order valence-corrected chi connectivity index (χ2v) is 3.12. The lowest BCUT2D eigenvalue weighted by Crippen LogP contribution is -1.95. The van der Waals surface area contributed by atoms with E-state index in [-0.39, 0.29) is 5.56 Å². The monoisotopic (exact) mass is 207 g/mol. The molecule has 0 radical (unpaired) electrons. The summed E-state index contributed by atoms with van der Waals surface area (Å²) in [5.74, 6) is -1.37. The number of H-pyrrole nitrogens is 1. The lowest BCUT2D eigenvalue weighted by Gasteiger charge is -1.96. The van der Waals surface area contributed by atoms with E-state index in [0.717, 1.165) is 0 Å². The molecule has 1 aromatic carbocycles. The lowest BCUT2D eigenvalue weighted by atomic mass is 10.1. The van der Waals surface area contributed by atoms with Crippen molar-refractivity contribution < 1.29 is 15.4 Å². The highest BCUT2D eigenvalue weighted by Crippen LogP contribution is 2.19. The number of fused-ring (bicyclic) bond motifs is 1. The van der Waals surface area contributed by atoms with Gasteiger partial charge in [-0.05, 0) is 24.4 Å². The molecule has 2 rings (SSSR count). The molecule has 1 aromatic heterocycles. The molecule has 0 aliphatic heterocycles. The van der Waals surface area contributed by atoms with Gasteiger partial charge in [0.2, 0.25) is 0 Å². The van der Waals surface area contributed by atoms with E-state index in [0.29, 0.717) is 10.9 Å². The maximum atomic E-state index is 10.7. The standard InChI is InChI=1S/C12H13NO2/c14-12(15)7-3-4-9-8-13-11-6-2-1-5-10(9)11/h1-2,5-6,8,13H,3-4,7H2,(H,14,15)/i3D2,4D2. The molecule has 0 amide bonds. The van der Waals surface area contributed by atoms with Crippen LogP contribution in [0.1, 0.15) is 23.8 Å². The van der Waals surface area contributed by atoms with E-state index in [4.69, 9.17) is 10.6 Å². The number of carboxylic acid groups (broad SMARTS) is 1. The zero-order valence-electron chi connectivity index (χ0n) is 11.9. The van der Waals surface area contributed by atoms with Gasteiger partial charge in [-0.25, -0.2) is 0 Å². The summed E-state index contributed by atoms with van der Waals surface area (Å²) in [6.45, 7) is 0. The normalized spacial score (nSPS) is 16.5. The fraction of sp³-hybridized carbons (Fsp3) is 0.250. The SMILES string of the molecule is [2H]C([2H])(CC(=O)O)C([2H])([2H])c1c[nH]c2ccccc12. The molecule has 3 heteroatoms. The molecule has 0 spiro atoms. The first-order valence-electron chi connectivity index (χ1n) is 6.54. The van der Waals surface area contributed by atoms with Crippen molar-refractivity contribution in [3.63, 3.8) is 0 Å². The number of para-hydroxylation sites is 1. The van der Waals surface area contributed by atoms with Crippen LogP contribution in [-0.2, 0) is 11.2 Å². The van der Waals surface area contributed by atoms with E-state index < -0.39 is 25.1 Å². The van der Waals surface area contributed by atoms with E-state index in [1.807, 2.05) is 0 Å². The number of carbonyl (C=O) groups is 1. The predicted octanol–water partition coefficient (Wildman–Crippen LogP) is 2.58. The lowest BCUT2D eigenvalue weighted by molar-refractivity contribution is -0.137. The quantitative estimate of drug-likeness (QED) is 0.809. The molecule has 0 unspecified atom stereocenters. The van der Waals surface area contributed by atoms with E-state index >= 15 is 0 Å². The minimum Gasteiger partial charge on any atom is -0.481 e. The zero-order valence-corrected chi connectivity index (χ0v) is 7.95. The Morgan fingerprint density at radius 1 is 1.47 bits per heavy atom. The van der Waals surface area contributed by atoms with Crippen LogP contribution in [0.3, 0.4) is 0 Å². The first-order valence-corrected chi connectivity index (χ1v) is 4.54. The third-order valence-electron chi connectivity index (χ3n) is 2.05. The summed E-state index contributed by atoms with van der Waals surface area (Å²) in [5.41, 5.74) is 0.821. The van der Waals surface area contributed by atoms with Gasteiger partial charge in [0.1, 0.15) is 0 Å². The number of hydrogen-bond acceptors (Lipinski definition) is 1. The molecule has 1 heterocycles. The van der Waals surface area contributed by atoms with Crippen LogP contribution < -0.4 is 0 Å². The summed E-state index contributed by atoms with van der Waals surface area (Å²) >= 11 is 0. The van der Waals surface area contributed by atoms with Gasteiger partial charge in [0.15, 0.2) is 0 Å². The van der Waals surface area contributed by atoms with Crippen LogP contribution in [0.2, 0.25) is 0 Å². The Morgan fingerprint density at radius 3 is 3.07 bits per heavy atom. The molecular weight excluding hydrogens is 190 g/mol. The number of aryl methyl sites for hydroxylation is 1. The number of aliphatic carboxylic acids is 1. The fourth-order valence-corrected chi connectivity index (χ4v) is 1.39. The molecule has 0 aliphatic carbocycles. The molecule has 0 fully saturated rings. The maximum absolute atomic E-state index is 10.7. The average molecular weight is 207 g/mol. The number of aromatic nitrogens is 1. The number of benzene rings is 1. The van der Waals surface area contributed by atoms with Crippen molar-refractivity contribution >= 4 is 16.9 Å². The van der Waals surface area contributed by atoms with Crippen LogP contribution in [0.15, 0.2) is 30.5 Å². The number of hydrogen-bond donors (Lipinski definition) is 2. The Kier molecular flexibility index (Phi) is 1.66. The average Bonchev–Trinajstić information content (AvgIpc) is 2.70. The van der Waals surface area contributed by atoms with Gasteiger partial charge in [0.05, 0.1) is 0 Å². The highest BCUT2D eigenvalue weighted by molar-refractivity contribution is 5.83. The van der Waals surface area contributed by atoms with E-state index in [1.165, 1.54) is 6.20 Å². The van der Waals surface area contributed by atoms with Gasteiger partial charge < -0.3 is 10.1 Å². The highest BCUT2D eigenvalue weighted by atomic mass is 16.4. The Labute approximate surface area is 93.4 Å². The number of rotatable bonds is 4. The molecule has 0 aliphatic rings. The molecule has 2 N–H and O–H groups in total. The first-order chi connectivity index (χ1) is 8.75. The smallest absolute Gasteiger partial charge is 0.303 e. The molecule has 3 nitrogen and oxygen atoms in total. The van der Waals surface area contributed by atoms with Gasteiger partial charge in [-0.15, -0.1) is 0 Å². The Hall–Kier alpha value is -1.77. The fourth-order valence-electron chi connectivity index (χ4n) is 1.39. The largest absolute Gasteiger partial charge is 0.481 e. The van der Waals surface area contributed by atoms with Crippen LogP contribution in [0.25, 0.3) is 10.9 Å². The van der Waals surface area contributed by atoms with Gasteiger partial charge in [0, 0.05) is 29.0 Å². The second kappa shape index (κ2) is 4.17. The van der Waals surface area contributed by atoms with Crippen molar-refractivity contribution in [1.82, 2.24) is 4.98 Å². The molecule has 78 valence electrons. The van der Waals surface area contributed by atoms with Crippen molar-refractivity contribution in [3.8, 4) is 0 Å². The summed E-state index contributed by atoms with van der Waals surface area (Å²) in [5, 5.41) is 9.27. The van der Waals surface area contributed by atoms with Gasteiger partial charge >= 0.3 is 5.97 Å². The maximum Gasteiger partial charge on any atom is 0.303 e. The van der Waals surface area contributed by atoms with E-state index in [1.54, 1.807) is 24.3 Å². The van der Waals surface area contributed by atoms with E-state index in [9.17, 15) is 4.79 Å². The predicted molar refractivity (Wildman–Crippen MR) is 58.9 cm³/mol. The second-order valence-electron chi connectivity index (χ2n) is 3.12. The third-order valence-corrected chi connectivity index (χ3v) is 2.05. The number of aromatic amines is 1. The van der Waals surface area contributed by atoms with Crippen molar-refractivity contribution in [3.05, 3.63) is 36.0 Å². The minimum absolute atomic E-state index is 0.134. The zero-order chi connectivity index (χ0) is 14.3. The summed E-state index contributed by atoms with van der Waals surface area (Å²) in [7, 11) is 0. The van der Waals surface area contributed by atoms with Crippen LogP contribution in [0.5, 0.6) is 0 Å². The minimum atomic E-state index is -2.50. The van der Waals surface area contributed by atoms with Crippen LogP contribution >= 0.6 is 0 Å². The Morgan fingerprint density at radius 2 is 2.27 bits per heavy atom. The van der Waals surface area contributed by atoms with Crippen molar-refractivity contribution in [2.45, 2.75) is 19.2 Å². The molecule has 15 heavy (non-hydrogen) atoms.